The van der Waals surface area contributed by atoms with E-state index in [0.717, 1.165) is 16.4 Å². The summed E-state index contributed by atoms with van der Waals surface area (Å²) in [6, 6.07) is 2.53. The van der Waals surface area contributed by atoms with Gasteiger partial charge < -0.3 is 5.32 Å². The molecule has 1 saturated heterocycles. The van der Waals surface area contributed by atoms with E-state index in [4.69, 9.17) is 11.6 Å². The first-order chi connectivity index (χ1) is 13.1. The third-order valence-corrected chi connectivity index (χ3v) is 7.13. The Hall–Kier alpha value is -1.69. The zero-order valence-corrected chi connectivity index (χ0v) is 16.6. The number of benzene rings is 1. The summed E-state index contributed by atoms with van der Waals surface area (Å²) in [5.41, 5.74) is -1.32. The van der Waals surface area contributed by atoms with Crippen LogP contribution in [0.25, 0.3) is 0 Å². The molecule has 0 radical (unpaired) electrons. The normalized spacial score (nSPS) is 18.8. The Balaban J connectivity index is 1.85. The van der Waals surface area contributed by atoms with E-state index in [9.17, 15) is 26.4 Å². The lowest BCUT2D eigenvalue weighted by atomic mass is 9.99. The molecule has 1 aliphatic rings. The Morgan fingerprint density at radius 1 is 1.36 bits per heavy atom. The van der Waals surface area contributed by atoms with E-state index >= 15 is 0 Å². The zero-order chi connectivity index (χ0) is 20.5. The van der Waals surface area contributed by atoms with Crippen LogP contribution in [0.15, 0.2) is 34.7 Å². The van der Waals surface area contributed by atoms with Gasteiger partial charge in [0, 0.05) is 29.7 Å². The minimum absolute atomic E-state index is 0.0310. The third-order valence-electron chi connectivity index (χ3n) is 4.28. The molecular weight excluding hydrogens is 439 g/mol. The number of alkyl halides is 3. The summed E-state index contributed by atoms with van der Waals surface area (Å²) in [7, 11) is -4.46. The summed E-state index contributed by atoms with van der Waals surface area (Å²) >= 11 is 6.84. The molecule has 1 aromatic carbocycles. The highest BCUT2D eigenvalue weighted by molar-refractivity contribution is 7.89. The van der Waals surface area contributed by atoms with Gasteiger partial charge in [0.2, 0.25) is 15.9 Å². The summed E-state index contributed by atoms with van der Waals surface area (Å²) in [5.74, 6) is -1.10. The Kier molecular flexibility index (Phi) is 5.99. The van der Waals surface area contributed by atoms with Crippen molar-refractivity contribution < 1.29 is 26.4 Å². The van der Waals surface area contributed by atoms with Crippen molar-refractivity contribution >= 4 is 44.0 Å². The molecule has 1 aliphatic heterocycles. The number of rotatable bonds is 4. The van der Waals surface area contributed by atoms with Gasteiger partial charge in [-0.2, -0.15) is 17.5 Å². The predicted molar refractivity (Wildman–Crippen MR) is 98.7 cm³/mol. The van der Waals surface area contributed by atoms with Crippen molar-refractivity contribution in [3.8, 4) is 0 Å². The molecule has 28 heavy (non-hydrogen) atoms. The molecule has 0 spiro atoms. The number of carbonyl (C=O) groups excluding carboxylic acids is 1. The van der Waals surface area contributed by atoms with Crippen LogP contribution in [0.5, 0.6) is 0 Å². The second kappa shape index (κ2) is 7.97. The highest BCUT2D eigenvalue weighted by Crippen LogP contribution is 2.37. The van der Waals surface area contributed by atoms with Crippen LogP contribution < -0.4 is 5.32 Å². The molecule has 1 atom stereocenters. The number of piperidine rings is 1. The zero-order valence-electron chi connectivity index (χ0n) is 14.2. The third kappa shape index (κ3) is 4.48. The topological polar surface area (TPSA) is 79.4 Å². The minimum Gasteiger partial charge on any atom is -0.302 e. The average Bonchev–Trinajstić information content (AvgIpc) is 3.14. The number of nitrogens with one attached hydrogen (secondary N) is 1. The molecule has 6 nitrogen and oxygen atoms in total. The minimum atomic E-state index is -4.88. The highest BCUT2D eigenvalue weighted by atomic mass is 35.5. The van der Waals surface area contributed by atoms with E-state index in [2.05, 4.69) is 10.3 Å². The highest BCUT2D eigenvalue weighted by Gasteiger charge is 2.41. The molecule has 1 aromatic heterocycles. The SMILES string of the molecule is O=C(Nc1nccs1)[C@H]1CCCN(S(=O)(=O)c2ccc(Cl)cc2C(F)(F)F)C1. The Morgan fingerprint density at radius 2 is 2.11 bits per heavy atom. The fourth-order valence-electron chi connectivity index (χ4n) is 2.96. The maximum absolute atomic E-state index is 13.3. The van der Waals surface area contributed by atoms with Gasteiger partial charge in [-0.3, -0.25) is 4.79 Å². The lowest BCUT2D eigenvalue weighted by Gasteiger charge is -2.31. The van der Waals surface area contributed by atoms with Gasteiger partial charge >= 0.3 is 6.18 Å². The number of amides is 1. The van der Waals surface area contributed by atoms with Crippen LogP contribution in [0.1, 0.15) is 18.4 Å². The van der Waals surface area contributed by atoms with Crippen molar-refractivity contribution in [1.82, 2.24) is 9.29 Å². The van der Waals surface area contributed by atoms with Gasteiger partial charge in [-0.05, 0) is 31.0 Å². The Morgan fingerprint density at radius 3 is 2.75 bits per heavy atom. The largest absolute Gasteiger partial charge is 0.417 e. The first-order valence-electron chi connectivity index (χ1n) is 8.16. The molecule has 0 aliphatic carbocycles. The molecule has 0 unspecified atom stereocenters. The number of aromatic nitrogens is 1. The number of thiazole rings is 1. The summed E-state index contributed by atoms with van der Waals surface area (Å²) in [4.78, 5) is 15.4. The second-order valence-corrected chi connectivity index (χ2v) is 9.40. The van der Waals surface area contributed by atoms with E-state index < -0.39 is 38.5 Å². The maximum atomic E-state index is 13.3. The van der Waals surface area contributed by atoms with Crippen LogP contribution in [0.3, 0.4) is 0 Å². The molecular formula is C16H15ClF3N3O3S2. The molecule has 3 rings (SSSR count). The monoisotopic (exact) mass is 453 g/mol. The molecule has 0 bridgehead atoms. The predicted octanol–water partition coefficient (Wildman–Crippen LogP) is 3.85. The lowest BCUT2D eigenvalue weighted by Crippen LogP contribution is -2.44. The maximum Gasteiger partial charge on any atom is 0.417 e. The van der Waals surface area contributed by atoms with Crippen LogP contribution in [-0.2, 0) is 21.0 Å². The van der Waals surface area contributed by atoms with E-state index in [0.29, 0.717) is 24.0 Å². The van der Waals surface area contributed by atoms with E-state index in [1.165, 1.54) is 17.5 Å². The van der Waals surface area contributed by atoms with E-state index in [1.807, 2.05) is 0 Å². The van der Waals surface area contributed by atoms with Crippen LogP contribution in [-0.4, -0.2) is 36.7 Å². The number of anilines is 1. The van der Waals surface area contributed by atoms with Crippen LogP contribution in [0, 0.1) is 5.92 Å². The first kappa shape index (κ1) is 21.0. The first-order valence-corrected chi connectivity index (χ1v) is 10.9. The van der Waals surface area contributed by atoms with Gasteiger partial charge in [-0.1, -0.05) is 11.6 Å². The fourth-order valence-corrected chi connectivity index (χ4v) is 5.38. The van der Waals surface area contributed by atoms with Gasteiger partial charge in [-0.25, -0.2) is 13.4 Å². The van der Waals surface area contributed by atoms with Gasteiger partial charge in [0.05, 0.1) is 16.4 Å². The summed E-state index contributed by atoms with van der Waals surface area (Å²) in [5, 5.41) is 4.43. The van der Waals surface area contributed by atoms with Crippen LogP contribution in [0.2, 0.25) is 5.02 Å². The van der Waals surface area contributed by atoms with Crippen LogP contribution >= 0.6 is 22.9 Å². The van der Waals surface area contributed by atoms with Crippen molar-refractivity contribution in [3.05, 3.63) is 40.4 Å². The number of halogens is 4. The molecule has 2 aromatic rings. The lowest BCUT2D eigenvalue weighted by molar-refractivity contribution is -0.140. The van der Waals surface area contributed by atoms with Crippen molar-refractivity contribution in [1.29, 1.82) is 0 Å². The molecule has 0 saturated carbocycles. The quantitative estimate of drug-likeness (QED) is 0.762. The van der Waals surface area contributed by atoms with E-state index in [-0.39, 0.29) is 18.1 Å². The van der Waals surface area contributed by atoms with Gasteiger partial charge in [0.25, 0.3) is 0 Å². The number of carbonyl (C=O) groups is 1. The Labute approximate surface area is 168 Å². The molecule has 1 fully saturated rings. The summed E-state index contributed by atoms with van der Waals surface area (Å²) in [6.45, 7) is -0.178. The van der Waals surface area contributed by atoms with Crippen molar-refractivity contribution in [2.24, 2.45) is 5.92 Å². The van der Waals surface area contributed by atoms with E-state index in [1.54, 1.807) is 5.38 Å². The molecule has 152 valence electrons. The Bertz CT molecular complexity index is 965. The standard InChI is InChI=1S/C16H15ClF3N3O3S2/c17-11-3-4-13(12(8-11)16(18,19)20)28(25,26)23-6-1-2-10(9-23)14(24)22-15-21-5-7-27-15/h3-5,7-8,10H,1-2,6,9H2,(H,21,22,24)/t10-/m0/s1. The number of sulfonamides is 1. The van der Waals surface area contributed by atoms with Crippen molar-refractivity contribution in [2.75, 3.05) is 18.4 Å². The molecule has 1 N–H and O–H groups in total. The van der Waals surface area contributed by atoms with Gasteiger partial charge in [-0.15, -0.1) is 11.3 Å². The average molecular weight is 454 g/mol. The van der Waals surface area contributed by atoms with Crippen molar-refractivity contribution in [3.63, 3.8) is 0 Å². The smallest absolute Gasteiger partial charge is 0.302 e. The number of hydrogen-bond donors (Lipinski definition) is 1. The fraction of sp³-hybridized carbons (Fsp3) is 0.375. The van der Waals surface area contributed by atoms with Gasteiger partial charge in [0.1, 0.15) is 0 Å². The second-order valence-electron chi connectivity index (χ2n) is 6.17. The molecule has 2 heterocycles. The van der Waals surface area contributed by atoms with Gasteiger partial charge in [0.15, 0.2) is 5.13 Å². The van der Waals surface area contributed by atoms with Crippen LogP contribution in [0.4, 0.5) is 18.3 Å². The molecule has 12 heteroatoms. The number of hydrogen-bond acceptors (Lipinski definition) is 5. The number of nitrogens with zero attached hydrogens (tertiary/aromatic N) is 2. The summed E-state index contributed by atoms with van der Waals surface area (Å²) < 4.78 is 66.7. The van der Waals surface area contributed by atoms with Crippen molar-refractivity contribution in [2.45, 2.75) is 23.9 Å². The molecule has 1 amide bonds. The summed E-state index contributed by atoms with van der Waals surface area (Å²) in [6.07, 6.45) is -2.60.